The largest absolute Gasteiger partial charge is 0.481 e. The van der Waals surface area contributed by atoms with Crippen LogP contribution in [0.25, 0.3) is 0 Å². The van der Waals surface area contributed by atoms with Crippen molar-refractivity contribution in [2.45, 2.75) is 62.7 Å². The number of sulfonamides is 1. The molecule has 1 amide bonds. The van der Waals surface area contributed by atoms with Crippen LogP contribution in [0.1, 0.15) is 56.4 Å². The van der Waals surface area contributed by atoms with Gasteiger partial charge in [0.1, 0.15) is 12.2 Å². The predicted octanol–water partition coefficient (Wildman–Crippen LogP) is 6.50. The summed E-state index contributed by atoms with van der Waals surface area (Å²) >= 11 is 12.6. The molecule has 1 saturated heterocycles. The Balaban J connectivity index is 1.67. The van der Waals surface area contributed by atoms with Gasteiger partial charge in [-0.05, 0) is 66.3 Å². The number of nitrogens with zero attached hydrogens (tertiary/aromatic N) is 2. The number of carbonyl (C=O) groups is 2. The zero-order valence-corrected chi connectivity index (χ0v) is 26.2. The van der Waals surface area contributed by atoms with Crippen LogP contribution in [-0.2, 0) is 24.3 Å². The molecule has 43 heavy (non-hydrogen) atoms. The number of anilines is 1. The lowest BCUT2D eigenvalue weighted by Crippen LogP contribution is -2.59. The summed E-state index contributed by atoms with van der Waals surface area (Å²) in [5, 5.41) is 10.2. The van der Waals surface area contributed by atoms with Crippen LogP contribution in [0.5, 0.6) is 0 Å². The minimum absolute atomic E-state index is 0.0155. The quantitative estimate of drug-likeness (QED) is 0.255. The van der Waals surface area contributed by atoms with Gasteiger partial charge in [0.2, 0.25) is 10.0 Å². The van der Waals surface area contributed by atoms with Gasteiger partial charge in [0, 0.05) is 10.0 Å². The monoisotopic (exact) mass is 644 g/mol. The Labute approximate surface area is 262 Å². The highest BCUT2D eigenvalue weighted by atomic mass is 35.5. The summed E-state index contributed by atoms with van der Waals surface area (Å²) in [7, 11) is -3.72. The Hall–Kier alpha value is -3.11. The molecule has 5 rings (SSSR count). The first-order chi connectivity index (χ1) is 20.5. The van der Waals surface area contributed by atoms with Gasteiger partial charge in [-0.25, -0.2) is 8.42 Å². The van der Waals surface area contributed by atoms with E-state index in [-0.39, 0.29) is 12.5 Å². The van der Waals surface area contributed by atoms with E-state index in [1.807, 2.05) is 26.0 Å². The normalized spacial score (nSPS) is 21.6. The number of carboxylic acids is 1. The van der Waals surface area contributed by atoms with Crippen LogP contribution >= 0.6 is 23.2 Å². The average molecular weight is 646 g/mol. The lowest BCUT2D eigenvalue weighted by Gasteiger charge is -2.50. The van der Waals surface area contributed by atoms with Crippen molar-refractivity contribution in [2.24, 2.45) is 5.92 Å². The van der Waals surface area contributed by atoms with E-state index < -0.39 is 57.9 Å². The van der Waals surface area contributed by atoms with Crippen LogP contribution in [0.2, 0.25) is 10.0 Å². The molecular formula is C32H34Cl2N2O6S. The number of carbonyl (C=O) groups excluding carboxylic acids is 1. The maximum atomic E-state index is 14.3. The Morgan fingerprint density at radius 3 is 2.23 bits per heavy atom. The number of ether oxygens (including phenoxy) is 1. The lowest BCUT2D eigenvalue weighted by molar-refractivity contribution is -0.184. The fourth-order valence-corrected chi connectivity index (χ4v) is 7.84. The van der Waals surface area contributed by atoms with E-state index in [2.05, 4.69) is 0 Å². The van der Waals surface area contributed by atoms with Crippen molar-refractivity contribution < 1.29 is 27.9 Å². The van der Waals surface area contributed by atoms with E-state index in [1.165, 1.54) is 4.31 Å². The molecule has 8 nitrogen and oxygen atoms in total. The molecule has 3 aromatic carbocycles. The third-order valence-electron chi connectivity index (χ3n) is 7.95. The maximum absolute atomic E-state index is 14.3. The number of hydrogen-bond acceptors (Lipinski definition) is 5. The maximum Gasteiger partial charge on any atom is 0.306 e. The molecule has 11 heteroatoms. The Morgan fingerprint density at radius 1 is 0.977 bits per heavy atom. The second-order valence-corrected chi connectivity index (χ2v) is 14.4. The number of amides is 1. The van der Waals surface area contributed by atoms with Gasteiger partial charge in [0.25, 0.3) is 5.91 Å². The number of para-hydroxylation sites is 1. The van der Waals surface area contributed by atoms with E-state index in [0.29, 0.717) is 39.7 Å². The predicted molar refractivity (Wildman–Crippen MR) is 167 cm³/mol. The molecule has 2 fully saturated rings. The fourth-order valence-electron chi connectivity index (χ4n) is 5.65. The van der Waals surface area contributed by atoms with E-state index in [9.17, 15) is 23.1 Å². The Bertz CT molecular complexity index is 1560. The second kappa shape index (κ2) is 12.9. The van der Waals surface area contributed by atoms with Gasteiger partial charge >= 0.3 is 5.97 Å². The summed E-state index contributed by atoms with van der Waals surface area (Å²) in [6.45, 7) is 3.85. The fraction of sp³-hybridized carbons (Fsp3) is 0.375. The van der Waals surface area contributed by atoms with Gasteiger partial charge in [0.05, 0.1) is 36.0 Å². The summed E-state index contributed by atoms with van der Waals surface area (Å²) in [6.07, 6.45) is -1.48. The highest BCUT2D eigenvalue weighted by Crippen LogP contribution is 2.46. The van der Waals surface area contributed by atoms with Crippen molar-refractivity contribution >= 4 is 50.8 Å². The Morgan fingerprint density at radius 2 is 1.65 bits per heavy atom. The minimum Gasteiger partial charge on any atom is -0.481 e. The number of carboxylic acid groups (broad SMARTS) is 1. The zero-order chi connectivity index (χ0) is 30.9. The minimum atomic E-state index is -3.72. The van der Waals surface area contributed by atoms with Crippen LogP contribution in [0, 0.1) is 5.92 Å². The smallest absolute Gasteiger partial charge is 0.306 e. The highest BCUT2D eigenvalue weighted by Gasteiger charge is 2.50. The molecule has 1 aliphatic heterocycles. The molecule has 1 N–H and O–H groups in total. The molecule has 1 heterocycles. The van der Waals surface area contributed by atoms with Gasteiger partial charge in [-0.2, -0.15) is 0 Å². The molecule has 1 aliphatic carbocycles. The van der Waals surface area contributed by atoms with Gasteiger partial charge in [-0.3, -0.25) is 13.9 Å². The molecule has 4 atom stereocenters. The summed E-state index contributed by atoms with van der Waals surface area (Å²) in [5.74, 6) is -1.92. The van der Waals surface area contributed by atoms with Crippen molar-refractivity contribution in [3.8, 4) is 0 Å². The van der Waals surface area contributed by atoms with Crippen molar-refractivity contribution in [1.29, 1.82) is 0 Å². The molecule has 0 spiro atoms. The Kier molecular flexibility index (Phi) is 9.37. The van der Waals surface area contributed by atoms with Crippen LogP contribution in [0.3, 0.4) is 0 Å². The average Bonchev–Trinajstić information content (AvgIpc) is 3.82. The first-order valence-electron chi connectivity index (χ1n) is 14.2. The van der Waals surface area contributed by atoms with Gasteiger partial charge in [0.15, 0.2) is 0 Å². The van der Waals surface area contributed by atoms with Gasteiger partial charge in [-0.15, -0.1) is 0 Å². The summed E-state index contributed by atoms with van der Waals surface area (Å²) in [5.41, 5.74) is 1.88. The number of morpholine rings is 1. The topological polar surface area (TPSA) is 104 Å². The van der Waals surface area contributed by atoms with Crippen molar-refractivity contribution in [1.82, 2.24) is 4.90 Å². The van der Waals surface area contributed by atoms with Gasteiger partial charge in [-0.1, -0.05) is 79.5 Å². The SMILES string of the molecule is CC(C)[C@@H](CN(c1ccccc1)S(=O)(=O)C1CC1)N1C(=O)C(CC(=O)O)OC(c2cccc(Cl)c2)C1c1ccc(Cl)cc1. The van der Waals surface area contributed by atoms with Crippen molar-refractivity contribution in [3.63, 3.8) is 0 Å². The number of halogens is 2. The lowest BCUT2D eigenvalue weighted by atomic mass is 9.88. The molecule has 3 aromatic rings. The van der Waals surface area contributed by atoms with Gasteiger partial charge < -0.3 is 14.7 Å². The van der Waals surface area contributed by atoms with Crippen LogP contribution in [0.4, 0.5) is 5.69 Å². The third-order valence-corrected chi connectivity index (χ3v) is 10.7. The molecule has 228 valence electrons. The second-order valence-electron chi connectivity index (χ2n) is 11.4. The molecule has 0 bridgehead atoms. The molecule has 1 saturated carbocycles. The molecule has 2 aliphatic rings. The van der Waals surface area contributed by atoms with Crippen molar-refractivity contribution in [3.05, 3.63) is 100 Å². The first kappa shape index (κ1) is 31.3. The summed E-state index contributed by atoms with van der Waals surface area (Å²) in [4.78, 5) is 27.9. The van der Waals surface area contributed by atoms with Crippen LogP contribution < -0.4 is 4.31 Å². The third kappa shape index (κ3) is 6.85. The van der Waals surface area contributed by atoms with Crippen LogP contribution in [-0.4, -0.2) is 54.2 Å². The van der Waals surface area contributed by atoms with E-state index >= 15 is 0 Å². The van der Waals surface area contributed by atoms with E-state index in [1.54, 1.807) is 71.6 Å². The highest BCUT2D eigenvalue weighted by molar-refractivity contribution is 7.93. The molecular weight excluding hydrogens is 611 g/mol. The summed E-state index contributed by atoms with van der Waals surface area (Å²) < 4.78 is 35.4. The summed E-state index contributed by atoms with van der Waals surface area (Å²) in [6, 6.07) is 21.6. The molecule has 0 radical (unpaired) electrons. The molecule has 0 aromatic heterocycles. The number of hydrogen-bond donors (Lipinski definition) is 1. The van der Waals surface area contributed by atoms with E-state index in [0.717, 1.165) is 0 Å². The first-order valence-corrected chi connectivity index (χ1v) is 16.5. The number of aliphatic carboxylic acids is 1. The zero-order valence-electron chi connectivity index (χ0n) is 23.8. The molecule has 3 unspecified atom stereocenters. The van der Waals surface area contributed by atoms with Crippen LogP contribution in [0.15, 0.2) is 78.9 Å². The number of benzene rings is 3. The standard InChI is InChI=1S/C32H34Cl2N2O6S/c1-20(2)27(19-35(25-9-4-3-5-10-25)43(40,41)26-15-16-26)36-30(21-11-13-23(33)14-12-21)31(22-7-6-8-24(34)17-22)42-28(32(36)39)18-29(37)38/h3-14,17,20,26-28,30-31H,15-16,18-19H2,1-2H3,(H,37,38)/t27-,28?,30?,31?/m1/s1. The van der Waals surface area contributed by atoms with E-state index in [4.69, 9.17) is 27.9 Å². The number of rotatable bonds is 11. The van der Waals surface area contributed by atoms with Crippen molar-refractivity contribution in [2.75, 3.05) is 10.8 Å².